The second-order valence-corrected chi connectivity index (χ2v) is 4.02. The van der Waals surface area contributed by atoms with Gasteiger partial charge in [-0.3, -0.25) is 4.90 Å². The normalized spacial score (nSPS) is 13.3. The maximum Gasteiger partial charge on any atom is 0.0589 e. The van der Waals surface area contributed by atoms with Crippen molar-refractivity contribution >= 4 is 0 Å². The van der Waals surface area contributed by atoms with Crippen LogP contribution < -0.4 is 5.32 Å². The van der Waals surface area contributed by atoms with E-state index in [0.29, 0.717) is 6.04 Å². The quantitative estimate of drug-likeness (QED) is 0.538. The number of ether oxygens (including phenoxy) is 2. The first kappa shape index (κ1) is 15.8. The molecule has 0 aliphatic heterocycles. The Morgan fingerprint density at radius 3 is 2.44 bits per heavy atom. The van der Waals surface area contributed by atoms with Gasteiger partial charge in [0.25, 0.3) is 0 Å². The predicted molar refractivity (Wildman–Crippen MR) is 67.9 cm³/mol. The molecule has 0 rings (SSSR count). The number of hydrogen-bond acceptors (Lipinski definition) is 4. The van der Waals surface area contributed by atoms with E-state index in [-0.39, 0.29) is 0 Å². The van der Waals surface area contributed by atoms with Gasteiger partial charge in [-0.25, -0.2) is 0 Å². The highest BCUT2D eigenvalue weighted by Crippen LogP contribution is 1.97. The van der Waals surface area contributed by atoms with Gasteiger partial charge in [0.2, 0.25) is 0 Å². The van der Waals surface area contributed by atoms with Gasteiger partial charge in [-0.2, -0.15) is 0 Å². The zero-order chi connectivity index (χ0) is 12.2. The number of likely N-dealkylation sites (N-methyl/N-ethyl adjacent to an activating group) is 1. The summed E-state index contributed by atoms with van der Waals surface area (Å²) in [6.07, 6.45) is 1.08. The fourth-order valence-electron chi connectivity index (χ4n) is 1.68. The van der Waals surface area contributed by atoms with Gasteiger partial charge in [-0.15, -0.1) is 0 Å². The fourth-order valence-corrected chi connectivity index (χ4v) is 1.68. The molecular formula is C12H28N2O2. The Balaban J connectivity index is 3.54. The lowest BCUT2D eigenvalue weighted by atomic mass is 10.2. The van der Waals surface area contributed by atoms with Gasteiger partial charge < -0.3 is 14.8 Å². The Labute approximate surface area is 100 Å². The monoisotopic (exact) mass is 232 g/mol. The number of hydrogen-bond donors (Lipinski definition) is 1. The Bertz CT molecular complexity index is 145. The summed E-state index contributed by atoms with van der Waals surface area (Å²) in [5.41, 5.74) is 0. The lowest BCUT2D eigenvalue weighted by Crippen LogP contribution is -2.42. The Morgan fingerprint density at radius 1 is 1.19 bits per heavy atom. The molecule has 0 aliphatic carbocycles. The summed E-state index contributed by atoms with van der Waals surface area (Å²) >= 11 is 0. The zero-order valence-corrected chi connectivity index (χ0v) is 11.3. The third kappa shape index (κ3) is 8.05. The summed E-state index contributed by atoms with van der Waals surface area (Å²) in [6.45, 7) is 10.2. The molecule has 0 saturated heterocycles. The zero-order valence-electron chi connectivity index (χ0n) is 11.3. The molecular weight excluding hydrogens is 204 g/mol. The third-order valence-corrected chi connectivity index (χ3v) is 2.75. The highest BCUT2D eigenvalue weighted by Gasteiger charge is 2.10. The first-order valence-electron chi connectivity index (χ1n) is 6.18. The molecule has 0 heterocycles. The van der Waals surface area contributed by atoms with Gasteiger partial charge in [0.05, 0.1) is 6.61 Å². The third-order valence-electron chi connectivity index (χ3n) is 2.75. The molecule has 0 saturated carbocycles. The fraction of sp³-hybridized carbons (Fsp3) is 1.00. The lowest BCUT2D eigenvalue weighted by molar-refractivity contribution is 0.127. The van der Waals surface area contributed by atoms with Crippen LogP contribution >= 0.6 is 0 Å². The van der Waals surface area contributed by atoms with Crippen LogP contribution in [0, 0.1) is 0 Å². The minimum Gasteiger partial charge on any atom is -0.385 e. The largest absolute Gasteiger partial charge is 0.385 e. The summed E-state index contributed by atoms with van der Waals surface area (Å²) in [6, 6.07) is 0.558. The van der Waals surface area contributed by atoms with Crippen molar-refractivity contribution in [2.24, 2.45) is 0 Å². The van der Waals surface area contributed by atoms with Crippen molar-refractivity contribution in [2.75, 3.05) is 53.6 Å². The molecule has 0 aliphatic rings. The van der Waals surface area contributed by atoms with Crippen LogP contribution in [0.5, 0.6) is 0 Å². The van der Waals surface area contributed by atoms with Gasteiger partial charge in [0, 0.05) is 40.0 Å². The smallest absolute Gasteiger partial charge is 0.0589 e. The minimum atomic E-state index is 0.558. The minimum absolute atomic E-state index is 0.558. The number of nitrogens with one attached hydrogen (secondary N) is 1. The van der Waals surface area contributed by atoms with Crippen LogP contribution in [-0.4, -0.2) is 64.6 Å². The average molecular weight is 232 g/mol. The van der Waals surface area contributed by atoms with E-state index in [1.807, 2.05) is 0 Å². The van der Waals surface area contributed by atoms with Crippen LogP contribution in [0.4, 0.5) is 0 Å². The van der Waals surface area contributed by atoms with Crippen molar-refractivity contribution in [3.05, 3.63) is 0 Å². The molecule has 1 unspecified atom stereocenters. The van der Waals surface area contributed by atoms with Gasteiger partial charge >= 0.3 is 0 Å². The highest BCUT2D eigenvalue weighted by molar-refractivity contribution is 4.68. The van der Waals surface area contributed by atoms with E-state index >= 15 is 0 Å². The van der Waals surface area contributed by atoms with Gasteiger partial charge in [-0.1, -0.05) is 6.92 Å². The second-order valence-electron chi connectivity index (χ2n) is 4.02. The standard InChI is InChI=1S/C12H28N2O2/c1-5-14(8-10-16-4)12(2)11-13-7-6-9-15-3/h12-13H,5-11H2,1-4H3. The number of methoxy groups -OCH3 is 2. The van der Waals surface area contributed by atoms with E-state index < -0.39 is 0 Å². The SMILES string of the molecule is CCN(CCOC)C(C)CNCCCOC. The van der Waals surface area contributed by atoms with Crippen LogP contribution in [0.25, 0.3) is 0 Å². The topological polar surface area (TPSA) is 33.7 Å². The van der Waals surface area contributed by atoms with Crippen molar-refractivity contribution in [1.82, 2.24) is 10.2 Å². The van der Waals surface area contributed by atoms with Crippen LogP contribution in [-0.2, 0) is 9.47 Å². The van der Waals surface area contributed by atoms with E-state index in [2.05, 4.69) is 24.1 Å². The molecule has 4 nitrogen and oxygen atoms in total. The highest BCUT2D eigenvalue weighted by atomic mass is 16.5. The molecule has 0 amide bonds. The summed E-state index contributed by atoms with van der Waals surface area (Å²) in [4.78, 5) is 2.42. The maximum atomic E-state index is 5.10. The maximum absolute atomic E-state index is 5.10. The van der Waals surface area contributed by atoms with Crippen molar-refractivity contribution in [3.63, 3.8) is 0 Å². The van der Waals surface area contributed by atoms with Gasteiger partial charge in [0.15, 0.2) is 0 Å². The molecule has 0 aromatic rings. The van der Waals surface area contributed by atoms with E-state index in [4.69, 9.17) is 9.47 Å². The molecule has 0 aromatic carbocycles. The lowest BCUT2D eigenvalue weighted by Gasteiger charge is -2.27. The number of rotatable bonds is 11. The Kier molecular flexibility index (Phi) is 11.2. The second kappa shape index (κ2) is 11.3. The van der Waals surface area contributed by atoms with E-state index in [1.54, 1.807) is 14.2 Å². The van der Waals surface area contributed by atoms with E-state index in [0.717, 1.165) is 45.8 Å². The summed E-state index contributed by atoms with van der Waals surface area (Å²) in [5, 5.41) is 3.45. The van der Waals surface area contributed by atoms with Crippen LogP contribution in [0.1, 0.15) is 20.3 Å². The molecule has 0 spiro atoms. The molecule has 0 aromatic heterocycles. The van der Waals surface area contributed by atoms with Crippen molar-refractivity contribution in [1.29, 1.82) is 0 Å². The Hall–Kier alpha value is -0.160. The first-order chi connectivity index (χ1) is 7.76. The molecule has 1 N–H and O–H groups in total. The molecule has 16 heavy (non-hydrogen) atoms. The van der Waals surface area contributed by atoms with E-state index in [9.17, 15) is 0 Å². The molecule has 0 bridgehead atoms. The van der Waals surface area contributed by atoms with Gasteiger partial charge in [-0.05, 0) is 26.4 Å². The first-order valence-corrected chi connectivity index (χ1v) is 6.18. The summed E-state index contributed by atoms with van der Waals surface area (Å²) in [5.74, 6) is 0. The van der Waals surface area contributed by atoms with Crippen LogP contribution in [0.3, 0.4) is 0 Å². The average Bonchev–Trinajstić information content (AvgIpc) is 2.30. The Morgan fingerprint density at radius 2 is 1.88 bits per heavy atom. The van der Waals surface area contributed by atoms with Crippen molar-refractivity contribution < 1.29 is 9.47 Å². The van der Waals surface area contributed by atoms with Crippen molar-refractivity contribution in [3.8, 4) is 0 Å². The summed E-state index contributed by atoms with van der Waals surface area (Å²) < 4.78 is 10.1. The number of nitrogens with zero attached hydrogens (tertiary/aromatic N) is 1. The molecule has 0 radical (unpaired) electrons. The summed E-state index contributed by atoms with van der Waals surface area (Å²) in [7, 11) is 3.49. The molecule has 0 fully saturated rings. The predicted octanol–water partition coefficient (Wildman–Crippen LogP) is 0.969. The van der Waals surface area contributed by atoms with Crippen LogP contribution in [0.15, 0.2) is 0 Å². The van der Waals surface area contributed by atoms with Crippen molar-refractivity contribution in [2.45, 2.75) is 26.3 Å². The molecule has 98 valence electrons. The van der Waals surface area contributed by atoms with Gasteiger partial charge in [0.1, 0.15) is 0 Å². The molecule has 1 atom stereocenters. The van der Waals surface area contributed by atoms with E-state index in [1.165, 1.54) is 0 Å². The molecule has 4 heteroatoms. The van der Waals surface area contributed by atoms with Crippen LogP contribution in [0.2, 0.25) is 0 Å².